The molecule has 2 rings (SSSR count). The molecule has 1 heterocycles. The number of carbonyl (C=O) groups is 1. The molecule has 6 heteroatoms. The summed E-state index contributed by atoms with van der Waals surface area (Å²) >= 11 is 0. The van der Waals surface area contributed by atoms with Gasteiger partial charge in [-0.2, -0.15) is 0 Å². The second kappa shape index (κ2) is 6.90. The average Bonchev–Trinajstić information content (AvgIpc) is 2.73. The fraction of sp³-hybridized carbons (Fsp3) is 0.667. The molecule has 27 heavy (non-hydrogen) atoms. The lowest BCUT2D eigenvalue weighted by atomic mass is 9.54. The maximum absolute atomic E-state index is 13.2. The molecule has 4 atom stereocenters. The zero-order valence-corrected chi connectivity index (χ0v) is 20.1. The molecule has 1 aliphatic carbocycles. The van der Waals surface area contributed by atoms with Crippen molar-refractivity contribution in [2.45, 2.75) is 66.8 Å². The summed E-state index contributed by atoms with van der Waals surface area (Å²) in [4.78, 5) is 13.2. The van der Waals surface area contributed by atoms with Crippen LogP contribution in [0.25, 0.3) is 0 Å². The number of aliphatic hydroxyl groups excluding tert-OH is 1. The summed E-state index contributed by atoms with van der Waals surface area (Å²) in [6.07, 6.45) is -0.335. The highest BCUT2D eigenvalue weighted by atomic mass is 28.2. The van der Waals surface area contributed by atoms with Gasteiger partial charge in [-0.25, -0.2) is 0 Å². The van der Waals surface area contributed by atoms with E-state index in [1.165, 1.54) is 0 Å². The van der Waals surface area contributed by atoms with E-state index >= 15 is 0 Å². The standard InChI is InChI=1S/C21H34O5Si/c1-11(2)14(22)10-13-15(24-9)12(3)16-20(7,17(13)19(4,5)6)18(23)25-21(16,8)26-27/h14,17,22H,1,10H2,2-9,27H3. The van der Waals surface area contributed by atoms with Crippen LogP contribution in [0.3, 0.4) is 0 Å². The van der Waals surface area contributed by atoms with Crippen LogP contribution in [0, 0.1) is 16.7 Å². The Morgan fingerprint density at radius 3 is 2.37 bits per heavy atom. The number of carbonyl (C=O) groups excluding carboxylic acids is 1. The number of fused-ring (bicyclic) bond motifs is 1. The van der Waals surface area contributed by atoms with Crippen LogP contribution in [0.4, 0.5) is 0 Å². The summed E-state index contributed by atoms with van der Waals surface area (Å²) in [7, 11) is 2.07. The molecule has 0 saturated carbocycles. The zero-order valence-electron chi connectivity index (χ0n) is 18.1. The Hall–Kier alpha value is -1.37. The summed E-state index contributed by atoms with van der Waals surface area (Å²) in [5.41, 5.74) is 2.15. The highest BCUT2D eigenvalue weighted by Crippen LogP contribution is 2.62. The SMILES string of the molecule is C=C(C)C(O)CC1=C(OC)C(C)=C2C(C)(O[SiH3])OC(=O)C2(C)C1C(C)(C)C. The van der Waals surface area contributed by atoms with Crippen LogP contribution in [0.15, 0.2) is 34.6 Å². The molecule has 0 aromatic carbocycles. The van der Waals surface area contributed by atoms with Crippen LogP contribution in [-0.2, 0) is 18.7 Å². The minimum atomic E-state index is -1.08. The van der Waals surface area contributed by atoms with E-state index in [2.05, 4.69) is 27.4 Å². The fourth-order valence-electron chi connectivity index (χ4n) is 5.14. The lowest BCUT2D eigenvalue weighted by molar-refractivity contribution is -0.171. The molecule has 5 nitrogen and oxygen atoms in total. The number of cyclic esters (lactones) is 1. The molecule has 4 unspecified atom stereocenters. The van der Waals surface area contributed by atoms with E-state index in [9.17, 15) is 9.90 Å². The Labute approximate surface area is 166 Å². The second-order valence-corrected chi connectivity index (χ2v) is 9.57. The van der Waals surface area contributed by atoms with Crippen molar-refractivity contribution in [3.8, 4) is 0 Å². The summed E-state index contributed by atoms with van der Waals surface area (Å²) in [5.74, 6) is -0.856. The minimum Gasteiger partial charge on any atom is -0.497 e. The zero-order chi connectivity index (χ0) is 20.9. The van der Waals surface area contributed by atoms with E-state index in [-0.39, 0.29) is 17.3 Å². The number of ether oxygens (including phenoxy) is 2. The smallest absolute Gasteiger partial charge is 0.319 e. The van der Waals surface area contributed by atoms with E-state index in [1.807, 2.05) is 20.8 Å². The van der Waals surface area contributed by atoms with Crippen LogP contribution < -0.4 is 0 Å². The molecule has 152 valence electrons. The number of hydrogen-bond donors (Lipinski definition) is 1. The van der Waals surface area contributed by atoms with Crippen LogP contribution in [0.1, 0.15) is 54.9 Å². The third-order valence-electron chi connectivity index (χ3n) is 6.06. The third-order valence-corrected chi connectivity index (χ3v) is 6.84. The molecular weight excluding hydrogens is 360 g/mol. The summed E-state index contributed by atoms with van der Waals surface area (Å²) in [5, 5.41) is 10.6. The van der Waals surface area contributed by atoms with Crippen molar-refractivity contribution in [3.05, 3.63) is 34.6 Å². The van der Waals surface area contributed by atoms with Gasteiger partial charge in [0.15, 0.2) is 10.5 Å². The van der Waals surface area contributed by atoms with Crippen molar-refractivity contribution < 1.29 is 23.8 Å². The molecule has 0 bridgehead atoms. The van der Waals surface area contributed by atoms with E-state index in [0.29, 0.717) is 28.2 Å². The molecule has 2 aliphatic rings. The minimum absolute atomic E-state index is 0.209. The molecule has 1 aliphatic heterocycles. The Kier molecular flexibility index (Phi) is 5.60. The highest BCUT2D eigenvalue weighted by molar-refractivity contribution is 5.99. The van der Waals surface area contributed by atoms with Gasteiger partial charge < -0.3 is 19.0 Å². The first-order chi connectivity index (χ1) is 12.3. The van der Waals surface area contributed by atoms with E-state index in [1.54, 1.807) is 14.0 Å². The van der Waals surface area contributed by atoms with Gasteiger partial charge >= 0.3 is 5.97 Å². The van der Waals surface area contributed by atoms with Gasteiger partial charge in [0.1, 0.15) is 11.2 Å². The Balaban J connectivity index is 2.86. The van der Waals surface area contributed by atoms with Crippen molar-refractivity contribution in [1.29, 1.82) is 0 Å². The molecule has 1 N–H and O–H groups in total. The van der Waals surface area contributed by atoms with Gasteiger partial charge in [-0.15, -0.1) is 0 Å². The second-order valence-electron chi connectivity index (χ2n) is 9.17. The number of hydrogen-bond acceptors (Lipinski definition) is 5. The number of rotatable bonds is 5. The number of aliphatic hydroxyl groups is 1. The van der Waals surface area contributed by atoms with Crippen molar-refractivity contribution in [2.24, 2.45) is 16.7 Å². The Morgan fingerprint density at radius 2 is 1.96 bits per heavy atom. The molecule has 1 saturated heterocycles. The first kappa shape index (κ1) is 21.9. The molecule has 0 radical (unpaired) electrons. The molecule has 0 amide bonds. The number of allylic oxidation sites excluding steroid dienone is 1. The van der Waals surface area contributed by atoms with E-state index in [0.717, 1.165) is 16.7 Å². The van der Waals surface area contributed by atoms with E-state index < -0.39 is 17.3 Å². The lowest BCUT2D eigenvalue weighted by Gasteiger charge is -2.47. The predicted octanol–water partition coefficient (Wildman–Crippen LogP) is 2.78. The van der Waals surface area contributed by atoms with E-state index in [4.69, 9.17) is 13.9 Å². The van der Waals surface area contributed by atoms with Crippen LogP contribution >= 0.6 is 0 Å². The lowest BCUT2D eigenvalue weighted by Crippen LogP contribution is -2.47. The predicted molar refractivity (Wildman–Crippen MR) is 109 cm³/mol. The number of methoxy groups -OCH3 is 1. The maximum atomic E-state index is 13.2. The van der Waals surface area contributed by atoms with Crippen molar-refractivity contribution in [3.63, 3.8) is 0 Å². The first-order valence-electron chi connectivity index (χ1n) is 9.37. The fourth-order valence-corrected chi connectivity index (χ4v) is 5.43. The van der Waals surface area contributed by atoms with Crippen LogP contribution in [-0.4, -0.2) is 40.6 Å². The summed E-state index contributed by atoms with van der Waals surface area (Å²) in [6, 6.07) is 0. The molecule has 1 fully saturated rings. The van der Waals surface area contributed by atoms with Gasteiger partial charge in [-0.3, -0.25) is 4.79 Å². The van der Waals surface area contributed by atoms with Crippen LogP contribution in [0.5, 0.6) is 0 Å². The first-order valence-corrected chi connectivity index (χ1v) is 10.2. The van der Waals surface area contributed by atoms with Crippen molar-refractivity contribution in [2.75, 3.05) is 7.11 Å². The normalized spacial score (nSPS) is 32.5. The Bertz CT molecular complexity index is 729. The van der Waals surface area contributed by atoms with Gasteiger partial charge in [-0.05, 0) is 37.3 Å². The molecular formula is C21H34O5Si. The van der Waals surface area contributed by atoms with Gasteiger partial charge in [-0.1, -0.05) is 32.9 Å². The molecule has 0 aromatic rings. The van der Waals surface area contributed by atoms with Gasteiger partial charge in [0.2, 0.25) is 5.79 Å². The average molecular weight is 395 g/mol. The van der Waals surface area contributed by atoms with Gasteiger partial charge in [0.25, 0.3) is 0 Å². The molecule has 0 aromatic heterocycles. The van der Waals surface area contributed by atoms with Crippen molar-refractivity contribution >= 4 is 16.5 Å². The third kappa shape index (κ3) is 3.21. The van der Waals surface area contributed by atoms with Gasteiger partial charge in [0.05, 0.1) is 13.2 Å². The molecule has 0 spiro atoms. The van der Waals surface area contributed by atoms with Gasteiger partial charge in [0, 0.05) is 24.8 Å². The monoisotopic (exact) mass is 394 g/mol. The summed E-state index contributed by atoms with van der Waals surface area (Å²) in [6.45, 7) is 17.7. The highest BCUT2D eigenvalue weighted by Gasteiger charge is 2.65. The summed E-state index contributed by atoms with van der Waals surface area (Å²) < 4.78 is 17.4. The maximum Gasteiger partial charge on any atom is 0.319 e. The topological polar surface area (TPSA) is 65.0 Å². The quantitative estimate of drug-likeness (QED) is 0.441. The Morgan fingerprint density at radius 1 is 1.41 bits per heavy atom. The largest absolute Gasteiger partial charge is 0.497 e. The van der Waals surface area contributed by atoms with Crippen LogP contribution in [0.2, 0.25) is 0 Å². The number of esters is 1. The van der Waals surface area contributed by atoms with Crippen molar-refractivity contribution in [1.82, 2.24) is 0 Å².